The van der Waals surface area contributed by atoms with Crippen molar-refractivity contribution in [3.8, 4) is 0 Å². The predicted octanol–water partition coefficient (Wildman–Crippen LogP) is -2.45. The molecule has 0 aromatic rings. The van der Waals surface area contributed by atoms with Crippen molar-refractivity contribution in [1.82, 2.24) is 19.6 Å². The van der Waals surface area contributed by atoms with Gasteiger partial charge in [-0.15, -0.1) is 0 Å². The van der Waals surface area contributed by atoms with Crippen molar-refractivity contribution in [2.24, 2.45) is 0 Å². The SMILES string of the molecule is O=C(O)CN1CCN(CC(=O)O)CCN(CC(=O)O)CCN(CC(=O)O)CC1.[Dy]. The largest absolute Gasteiger partial charge is 0.480 e. The van der Waals surface area contributed by atoms with Crippen LogP contribution in [-0.4, -0.2) is 142 Å². The maximum absolute atomic E-state index is 11.1. The molecule has 0 radical (unpaired) electrons. The van der Waals surface area contributed by atoms with E-state index in [1.165, 1.54) is 0 Å². The van der Waals surface area contributed by atoms with E-state index in [1.807, 2.05) is 0 Å². The number of carbonyl (C=O) groups is 4. The van der Waals surface area contributed by atoms with Crippen LogP contribution in [0.5, 0.6) is 0 Å². The van der Waals surface area contributed by atoms with Crippen LogP contribution in [0.2, 0.25) is 0 Å². The first kappa shape index (κ1) is 28.0. The van der Waals surface area contributed by atoms with Crippen molar-refractivity contribution in [3.63, 3.8) is 0 Å². The van der Waals surface area contributed by atoms with Gasteiger partial charge in [-0.2, -0.15) is 0 Å². The topological polar surface area (TPSA) is 162 Å². The van der Waals surface area contributed by atoms with E-state index in [-0.39, 0.29) is 64.4 Å². The fourth-order valence-electron chi connectivity index (χ4n) is 2.98. The van der Waals surface area contributed by atoms with E-state index >= 15 is 0 Å². The smallest absolute Gasteiger partial charge is 0.317 e. The summed E-state index contributed by atoms with van der Waals surface area (Å²) in [5.74, 6) is -4.08. The van der Waals surface area contributed by atoms with Crippen LogP contribution in [0.15, 0.2) is 0 Å². The third-order valence-electron chi connectivity index (χ3n) is 4.37. The Balaban J connectivity index is 0.00000784. The molecule has 0 aliphatic carbocycles. The quantitative estimate of drug-likeness (QED) is 0.246. The fraction of sp³-hybridized carbons (Fsp3) is 0.750. The van der Waals surface area contributed by atoms with Gasteiger partial charge < -0.3 is 20.4 Å². The number of carboxylic acids is 4. The maximum atomic E-state index is 11.1. The number of hydrogen-bond acceptors (Lipinski definition) is 8. The van der Waals surface area contributed by atoms with Crippen LogP contribution < -0.4 is 0 Å². The molecular formula is C16H28DyN4O8. The average molecular weight is 567 g/mol. The average Bonchev–Trinajstić information content (AvgIpc) is 2.55. The van der Waals surface area contributed by atoms with E-state index in [1.54, 1.807) is 19.6 Å². The monoisotopic (exact) mass is 568 g/mol. The standard InChI is InChI=1S/C16H28N4O8.Dy/c21-13(22)9-17-1-2-18(10-14(23)24)5-6-20(12-16(27)28)8-7-19(4-3-17)11-15(25)26;/h1-12H2,(H,21,22)(H,23,24)(H,25,26)(H,27,28);. The number of nitrogens with zero attached hydrogens (tertiary/aromatic N) is 4. The van der Waals surface area contributed by atoms with Gasteiger partial charge in [0, 0.05) is 90.5 Å². The molecule has 0 saturated carbocycles. The summed E-state index contributed by atoms with van der Waals surface area (Å²) in [7, 11) is 0. The molecule has 0 aromatic carbocycles. The van der Waals surface area contributed by atoms with Crippen LogP contribution in [0, 0.1) is 38.2 Å². The van der Waals surface area contributed by atoms with Crippen molar-refractivity contribution in [3.05, 3.63) is 0 Å². The molecule has 29 heavy (non-hydrogen) atoms. The van der Waals surface area contributed by atoms with Gasteiger partial charge in [-0.3, -0.25) is 38.8 Å². The zero-order chi connectivity index (χ0) is 21.1. The second kappa shape index (κ2) is 14.9. The van der Waals surface area contributed by atoms with Gasteiger partial charge in [0.2, 0.25) is 0 Å². The molecule has 0 bridgehead atoms. The fourth-order valence-corrected chi connectivity index (χ4v) is 2.98. The second-order valence-electron chi connectivity index (χ2n) is 6.68. The van der Waals surface area contributed by atoms with Gasteiger partial charge >= 0.3 is 23.9 Å². The summed E-state index contributed by atoms with van der Waals surface area (Å²) in [6, 6.07) is 0. The molecule has 1 aliphatic heterocycles. The third-order valence-corrected chi connectivity index (χ3v) is 4.37. The van der Waals surface area contributed by atoms with E-state index in [2.05, 4.69) is 0 Å². The van der Waals surface area contributed by atoms with E-state index in [4.69, 9.17) is 20.4 Å². The minimum absolute atomic E-state index is 0. The van der Waals surface area contributed by atoms with Crippen LogP contribution in [0.3, 0.4) is 0 Å². The Morgan fingerprint density at radius 3 is 0.690 bits per heavy atom. The van der Waals surface area contributed by atoms with Gasteiger partial charge in [-0.05, 0) is 0 Å². The van der Waals surface area contributed by atoms with E-state index in [9.17, 15) is 19.2 Å². The molecule has 0 atom stereocenters. The molecule has 1 fully saturated rings. The first-order valence-corrected chi connectivity index (χ1v) is 8.92. The van der Waals surface area contributed by atoms with E-state index in [0.717, 1.165) is 0 Å². The molecule has 4 N–H and O–H groups in total. The van der Waals surface area contributed by atoms with Crippen LogP contribution in [0.25, 0.3) is 0 Å². The van der Waals surface area contributed by atoms with Crippen molar-refractivity contribution in [1.29, 1.82) is 0 Å². The minimum Gasteiger partial charge on any atom is -0.480 e. The molecule has 170 valence electrons. The third kappa shape index (κ3) is 13.8. The summed E-state index contributed by atoms with van der Waals surface area (Å²) in [4.78, 5) is 50.9. The van der Waals surface area contributed by atoms with Crippen LogP contribution >= 0.6 is 0 Å². The first-order valence-electron chi connectivity index (χ1n) is 8.92. The molecule has 1 saturated heterocycles. The van der Waals surface area contributed by atoms with Crippen molar-refractivity contribution < 1.29 is 77.8 Å². The number of aliphatic carboxylic acids is 4. The Labute approximate surface area is 199 Å². The van der Waals surface area contributed by atoms with Crippen LogP contribution in [-0.2, 0) is 19.2 Å². The number of rotatable bonds is 8. The zero-order valence-electron chi connectivity index (χ0n) is 16.0. The summed E-state index contributed by atoms with van der Waals surface area (Å²) < 4.78 is 0. The van der Waals surface area contributed by atoms with E-state index < -0.39 is 23.9 Å². The second-order valence-corrected chi connectivity index (χ2v) is 6.68. The minimum atomic E-state index is -1.02. The van der Waals surface area contributed by atoms with Crippen molar-refractivity contribution >= 4 is 23.9 Å². The zero-order valence-corrected chi connectivity index (χ0v) is 18.0. The molecular weight excluding hydrogens is 539 g/mol. The Morgan fingerprint density at radius 1 is 0.448 bits per heavy atom. The summed E-state index contributed by atoms with van der Waals surface area (Å²) in [5.41, 5.74) is 0. The molecule has 0 unspecified atom stereocenters. The summed E-state index contributed by atoms with van der Waals surface area (Å²) in [5, 5.41) is 36.3. The first-order chi connectivity index (χ1) is 13.2. The molecule has 0 spiro atoms. The Hall–Kier alpha value is -1.01. The van der Waals surface area contributed by atoms with Crippen LogP contribution in [0.1, 0.15) is 0 Å². The Kier molecular flexibility index (Phi) is 14.4. The number of carboxylic acid groups (broad SMARTS) is 4. The predicted molar refractivity (Wildman–Crippen MR) is 96.3 cm³/mol. The summed E-state index contributed by atoms with van der Waals surface area (Å²) >= 11 is 0. The van der Waals surface area contributed by atoms with Gasteiger partial charge in [-0.1, -0.05) is 0 Å². The van der Waals surface area contributed by atoms with Crippen molar-refractivity contribution in [2.75, 3.05) is 78.5 Å². The molecule has 1 aliphatic rings. The molecule has 0 amide bonds. The molecule has 1 heterocycles. The summed E-state index contributed by atoms with van der Waals surface area (Å²) in [6.07, 6.45) is 0. The molecule has 0 aromatic heterocycles. The number of hydrogen-bond donors (Lipinski definition) is 4. The van der Waals surface area contributed by atoms with Gasteiger partial charge in [0.05, 0.1) is 26.2 Å². The molecule has 1 rings (SSSR count). The molecule has 13 heteroatoms. The normalized spacial score (nSPS) is 18.8. The Morgan fingerprint density at radius 2 is 0.586 bits per heavy atom. The van der Waals surface area contributed by atoms with Crippen molar-refractivity contribution in [2.45, 2.75) is 0 Å². The van der Waals surface area contributed by atoms with Gasteiger partial charge in [0.1, 0.15) is 0 Å². The van der Waals surface area contributed by atoms with Gasteiger partial charge in [-0.25, -0.2) is 0 Å². The van der Waals surface area contributed by atoms with E-state index in [0.29, 0.717) is 52.4 Å². The van der Waals surface area contributed by atoms with Crippen LogP contribution in [0.4, 0.5) is 0 Å². The summed E-state index contributed by atoms with van der Waals surface area (Å²) in [6.45, 7) is 1.52. The van der Waals surface area contributed by atoms with Gasteiger partial charge in [0.15, 0.2) is 0 Å². The molecule has 12 nitrogen and oxygen atoms in total. The maximum Gasteiger partial charge on any atom is 0.317 e. The van der Waals surface area contributed by atoms with Gasteiger partial charge in [0.25, 0.3) is 0 Å². The Bertz CT molecular complexity index is 453.